The molecular formula is C23H28F3N3O3. The number of benzene rings is 1. The third kappa shape index (κ3) is 6.12. The lowest BCUT2D eigenvalue weighted by molar-refractivity contribution is -0.137. The second-order valence-electron chi connectivity index (χ2n) is 8.01. The van der Waals surface area contributed by atoms with Crippen LogP contribution in [0, 0.1) is 0 Å². The predicted molar refractivity (Wildman–Crippen MR) is 113 cm³/mol. The summed E-state index contributed by atoms with van der Waals surface area (Å²) in [5.74, 6) is -0.649. The minimum absolute atomic E-state index is 0.114. The number of carbonyl (C=O) groups excluding carboxylic acids is 2. The van der Waals surface area contributed by atoms with E-state index < -0.39 is 17.6 Å². The van der Waals surface area contributed by atoms with Crippen LogP contribution in [0.25, 0.3) is 0 Å². The molecular weight excluding hydrogens is 423 g/mol. The number of nitrogens with zero attached hydrogens (tertiary/aromatic N) is 3. The van der Waals surface area contributed by atoms with E-state index in [1.54, 1.807) is 12.0 Å². The quantitative estimate of drug-likeness (QED) is 0.518. The van der Waals surface area contributed by atoms with E-state index in [4.69, 9.17) is 4.74 Å². The molecule has 32 heavy (non-hydrogen) atoms. The number of ether oxygens (including phenoxy) is 1. The van der Waals surface area contributed by atoms with E-state index in [0.29, 0.717) is 19.6 Å². The maximum Gasteiger partial charge on any atom is 0.416 e. The molecule has 1 fully saturated rings. The SMILES string of the molecule is COCCCN(CC(=O)N(Cc1cccn1C)C1CC1)C(=O)c1ccc(C(F)(F)F)cc1. The Morgan fingerprint density at radius 1 is 1.16 bits per heavy atom. The topological polar surface area (TPSA) is 54.8 Å². The molecule has 1 aliphatic rings. The molecule has 0 unspecified atom stereocenters. The summed E-state index contributed by atoms with van der Waals surface area (Å²) in [5.41, 5.74) is 0.285. The fourth-order valence-electron chi connectivity index (χ4n) is 3.53. The van der Waals surface area contributed by atoms with Gasteiger partial charge in [0.05, 0.1) is 12.1 Å². The van der Waals surface area contributed by atoms with Crippen molar-refractivity contribution in [3.8, 4) is 0 Å². The molecule has 0 radical (unpaired) electrons. The third-order valence-electron chi connectivity index (χ3n) is 5.54. The molecule has 2 amide bonds. The summed E-state index contributed by atoms with van der Waals surface area (Å²) in [5, 5.41) is 0. The maximum absolute atomic E-state index is 13.2. The standard InChI is InChI=1S/C23H28F3N3O3/c1-27-12-3-5-20(27)15-29(19-10-11-19)21(30)16-28(13-4-14-32-2)22(31)17-6-8-18(9-7-17)23(24,25)26/h3,5-9,12,19H,4,10-11,13-16H2,1-2H3. The molecule has 0 saturated heterocycles. The Labute approximate surface area is 185 Å². The fourth-order valence-corrected chi connectivity index (χ4v) is 3.53. The van der Waals surface area contributed by atoms with Gasteiger partial charge in [0.25, 0.3) is 5.91 Å². The summed E-state index contributed by atoms with van der Waals surface area (Å²) in [4.78, 5) is 29.4. The van der Waals surface area contributed by atoms with Gasteiger partial charge < -0.3 is 19.1 Å². The van der Waals surface area contributed by atoms with Gasteiger partial charge in [0.15, 0.2) is 0 Å². The van der Waals surface area contributed by atoms with Crippen molar-refractivity contribution < 1.29 is 27.5 Å². The van der Waals surface area contributed by atoms with Gasteiger partial charge in [0.1, 0.15) is 6.54 Å². The first kappa shape index (κ1) is 23.8. The first-order valence-corrected chi connectivity index (χ1v) is 10.6. The molecule has 0 N–H and O–H groups in total. The summed E-state index contributed by atoms with van der Waals surface area (Å²) in [6.07, 6.45) is -0.204. The van der Waals surface area contributed by atoms with Gasteiger partial charge in [-0.25, -0.2) is 0 Å². The lowest BCUT2D eigenvalue weighted by Gasteiger charge is -2.28. The van der Waals surface area contributed by atoms with Crippen molar-refractivity contribution >= 4 is 11.8 Å². The highest BCUT2D eigenvalue weighted by atomic mass is 19.4. The molecule has 1 saturated carbocycles. The van der Waals surface area contributed by atoms with Crippen LogP contribution in [0.2, 0.25) is 0 Å². The second kappa shape index (κ2) is 10.2. The largest absolute Gasteiger partial charge is 0.416 e. The lowest BCUT2D eigenvalue weighted by Crippen LogP contribution is -2.44. The van der Waals surface area contributed by atoms with Gasteiger partial charge in [-0.3, -0.25) is 9.59 Å². The Kier molecular flexibility index (Phi) is 7.60. The van der Waals surface area contributed by atoms with E-state index in [9.17, 15) is 22.8 Å². The van der Waals surface area contributed by atoms with Crippen molar-refractivity contribution in [2.24, 2.45) is 7.05 Å². The van der Waals surface area contributed by atoms with Crippen LogP contribution in [0.5, 0.6) is 0 Å². The van der Waals surface area contributed by atoms with Crippen LogP contribution in [0.15, 0.2) is 42.6 Å². The van der Waals surface area contributed by atoms with E-state index in [1.807, 2.05) is 29.9 Å². The lowest BCUT2D eigenvalue weighted by atomic mass is 10.1. The zero-order chi connectivity index (χ0) is 23.3. The number of rotatable bonds is 10. The minimum Gasteiger partial charge on any atom is -0.385 e. The van der Waals surface area contributed by atoms with Gasteiger partial charge >= 0.3 is 6.18 Å². The van der Waals surface area contributed by atoms with E-state index in [0.717, 1.165) is 42.8 Å². The highest BCUT2D eigenvalue weighted by Gasteiger charge is 2.34. The van der Waals surface area contributed by atoms with Crippen molar-refractivity contribution in [2.75, 3.05) is 26.8 Å². The molecule has 1 aromatic carbocycles. The summed E-state index contributed by atoms with van der Waals surface area (Å²) >= 11 is 0. The second-order valence-corrected chi connectivity index (χ2v) is 8.01. The van der Waals surface area contributed by atoms with Gasteiger partial charge in [0.2, 0.25) is 5.91 Å². The number of methoxy groups -OCH3 is 1. The Balaban J connectivity index is 1.74. The summed E-state index contributed by atoms with van der Waals surface area (Å²) in [6.45, 7) is 0.987. The average molecular weight is 451 g/mol. The van der Waals surface area contributed by atoms with Crippen LogP contribution >= 0.6 is 0 Å². The predicted octanol–water partition coefficient (Wildman–Crippen LogP) is 3.71. The highest BCUT2D eigenvalue weighted by molar-refractivity contribution is 5.96. The molecule has 1 aromatic heterocycles. The van der Waals surface area contributed by atoms with Gasteiger partial charge in [-0.05, 0) is 55.7 Å². The van der Waals surface area contributed by atoms with Crippen molar-refractivity contribution in [3.05, 3.63) is 59.4 Å². The Morgan fingerprint density at radius 3 is 2.38 bits per heavy atom. The minimum atomic E-state index is -4.47. The van der Waals surface area contributed by atoms with Crippen LogP contribution in [0.4, 0.5) is 13.2 Å². The Hall–Kier alpha value is -2.81. The van der Waals surface area contributed by atoms with Crippen molar-refractivity contribution in [2.45, 2.75) is 38.0 Å². The molecule has 3 rings (SSSR count). The first-order valence-electron chi connectivity index (χ1n) is 10.6. The van der Waals surface area contributed by atoms with Gasteiger partial charge in [0, 0.05) is 50.8 Å². The third-order valence-corrected chi connectivity index (χ3v) is 5.54. The fraction of sp³-hybridized carbons (Fsp3) is 0.478. The number of halogens is 3. The number of amides is 2. The molecule has 0 spiro atoms. The maximum atomic E-state index is 13.2. The van der Waals surface area contributed by atoms with E-state index in [-0.39, 0.29) is 30.6 Å². The molecule has 1 heterocycles. The van der Waals surface area contributed by atoms with Gasteiger partial charge in [-0.15, -0.1) is 0 Å². The van der Waals surface area contributed by atoms with Crippen LogP contribution in [-0.2, 0) is 29.3 Å². The normalized spacial score (nSPS) is 13.8. The number of hydrogen-bond acceptors (Lipinski definition) is 3. The zero-order valence-electron chi connectivity index (χ0n) is 18.3. The van der Waals surface area contributed by atoms with Crippen LogP contribution in [0.3, 0.4) is 0 Å². The summed E-state index contributed by atoms with van der Waals surface area (Å²) in [7, 11) is 3.46. The number of aromatic nitrogens is 1. The van der Waals surface area contributed by atoms with Crippen LogP contribution < -0.4 is 0 Å². The van der Waals surface area contributed by atoms with Gasteiger partial charge in [-0.2, -0.15) is 13.2 Å². The number of aryl methyl sites for hydroxylation is 1. The molecule has 174 valence electrons. The Morgan fingerprint density at radius 2 is 1.84 bits per heavy atom. The molecule has 0 aliphatic heterocycles. The number of hydrogen-bond donors (Lipinski definition) is 0. The van der Waals surface area contributed by atoms with Crippen molar-refractivity contribution in [1.29, 1.82) is 0 Å². The van der Waals surface area contributed by atoms with Crippen LogP contribution in [0.1, 0.15) is 40.9 Å². The monoisotopic (exact) mass is 451 g/mol. The first-order chi connectivity index (χ1) is 15.2. The smallest absolute Gasteiger partial charge is 0.385 e. The summed E-state index contributed by atoms with van der Waals surface area (Å²) < 4.78 is 45.6. The van der Waals surface area contributed by atoms with E-state index >= 15 is 0 Å². The molecule has 2 aromatic rings. The van der Waals surface area contributed by atoms with Crippen molar-refractivity contribution in [1.82, 2.24) is 14.4 Å². The van der Waals surface area contributed by atoms with Crippen LogP contribution in [-0.4, -0.2) is 59.0 Å². The molecule has 9 heteroatoms. The highest BCUT2D eigenvalue weighted by Crippen LogP contribution is 2.30. The molecule has 1 aliphatic carbocycles. The van der Waals surface area contributed by atoms with Gasteiger partial charge in [-0.1, -0.05) is 0 Å². The zero-order valence-corrected chi connectivity index (χ0v) is 18.3. The molecule has 0 bridgehead atoms. The van der Waals surface area contributed by atoms with E-state index in [2.05, 4.69) is 0 Å². The Bertz CT molecular complexity index is 921. The summed E-state index contributed by atoms with van der Waals surface area (Å²) in [6, 6.07) is 8.09. The molecule has 0 atom stereocenters. The van der Waals surface area contributed by atoms with Crippen molar-refractivity contribution in [3.63, 3.8) is 0 Å². The number of carbonyl (C=O) groups is 2. The molecule has 6 nitrogen and oxygen atoms in total. The van der Waals surface area contributed by atoms with E-state index in [1.165, 1.54) is 4.90 Å². The number of alkyl halides is 3. The average Bonchev–Trinajstić information content (AvgIpc) is 3.52.